The van der Waals surface area contributed by atoms with Gasteiger partial charge in [0.15, 0.2) is 0 Å². The molecular weight excluding hydrogens is 324 g/mol. The number of carbonyl (C=O) groups is 1. The van der Waals surface area contributed by atoms with Crippen molar-refractivity contribution < 1.29 is 14.3 Å². The zero-order valence-corrected chi connectivity index (χ0v) is 15.1. The van der Waals surface area contributed by atoms with E-state index in [-0.39, 0.29) is 11.9 Å². The number of rotatable bonds is 3. The molecule has 0 amide bonds. The minimum absolute atomic E-state index is 0.0326. The lowest BCUT2D eigenvalue weighted by Gasteiger charge is -2.43. The Morgan fingerprint density at radius 3 is 2.31 bits per heavy atom. The lowest BCUT2D eigenvalue weighted by molar-refractivity contribution is -0.153. The molecule has 26 heavy (non-hydrogen) atoms. The molecule has 1 heterocycles. The highest BCUT2D eigenvalue weighted by atomic mass is 16.5. The van der Waals surface area contributed by atoms with Crippen LogP contribution in [-0.4, -0.2) is 13.1 Å². The number of carbonyl (C=O) groups excluding carboxylic acids is 1. The molecule has 4 rings (SSSR count). The molecule has 1 saturated carbocycles. The van der Waals surface area contributed by atoms with Crippen molar-refractivity contribution in [3.8, 4) is 5.75 Å². The van der Waals surface area contributed by atoms with Gasteiger partial charge in [-0.05, 0) is 36.6 Å². The Labute approximate surface area is 154 Å². The van der Waals surface area contributed by atoms with Crippen LogP contribution < -0.4 is 4.74 Å². The van der Waals surface area contributed by atoms with Crippen molar-refractivity contribution in [2.24, 2.45) is 5.41 Å². The van der Waals surface area contributed by atoms with E-state index in [0.717, 1.165) is 42.6 Å². The Morgan fingerprint density at radius 1 is 0.962 bits per heavy atom. The van der Waals surface area contributed by atoms with Gasteiger partial charge in [-0.15, -0.1) is 0 Å². The van der Waals surface area contributed by atoms with E-state index in [2.05, 4.69) is 18.2 Å². The van der Waals surface area contributed by atoms with Crippen molar-refractivity contribution in [1.82, 2.24) is 0 Å². The molecule has 2 aliphatic rings. The van der Waals surface area contributed by atoms with E-state index in [1.165, 1.54) is 6.42 Å². The Kier molecular flexibility index (Phi) is 4.54. The van der Waals surface area contributed by atoms with Gasteiger partial charge in [0.05, 0.1) is 12.5 Å². The number of hydrogen-bond donors (Lipinski definition) is 0. The second kappa shape index (κ2) is 6.99. The number of methoxy groups -OCH3 is 1. The van der Waals surface area contributed by atoms with Gasteiger partial charge in [0, 0.05) is 11.5 Å². The van der Waals surface area contributed by atoms with Gasteiger partial charge < -0.3 is 9.47 Å². The van der Waals surface area contributed by atoms with Crippen molar-refractivity contribution in [1.29, 1.82) is 0 Å². The van der Waals surface area contributed by atoms with E-state index in [0.29, 0.717) is 5.76 Å². The van der Waals surface area contributed by atoms with Gasteiger partial charge in [-0.25, -0.2) is 0 Å². The van der Waals surface area contributed by atoms with Crippen LogP contribution in [0.5, 0.6) is 5.75 Å². The van der Waals surface area contributed by atoms with Crippen LogP contribution in [0.3, 0.4) is 0 Å². The smallest absolute Gasteiger partial charge is 0.318 e. The van der Waals surface area contributed by atoms with E-state index in [9.17, 15) is 4.79 Å². The zero-order chi connectivity index (χ0) is 18.0. The van der Waals surface area contributed by atoms with Crippen molar-refractivity contribution in [3.05, 3.63) is 71.8 Å². The largest absolute Gasteiger partial charge is 0.497 e. The van der Waals surface area contributed by atoms with Crippen LogP contribution in [0.1, 0.15) is 49.1 Å². The van der Waals surface area contributed by atoms with Gasteiger partial charge in [0.2, 0.25) is 0 Å². The van der Waals surface area contributed by atoms with Crippen molar-refractivity contribution in [3.63, 3.8) is 0 Å². The van der Waals surface area contributed by atoms with Gasteiger partial charge in [0.1, 0.15) is 11.5 Å². The van der Waals surface area contributed by atoms with Crippen LogP contribution in [0.15, 0.2) is 60.7 Å². The molecule has 134 valence electrons. The molecule has 0 aromatic heterocycles. The first kappa shape index (κ1) is 16.9. The van der Waals surface area contributed by atoms with Crippen LogP contribution in [0.4, 0.5) is 0 Å². The van der Waals surface area contributed by atoms with Gasteiger partial charge in [-0.2, -0.15) is 0 Å². The molecule has 0 radical (unpaired) electrons. The SMILES string of the molecule is COc1ccc(C2C=C(c3ccccc3)OC(=O)C23CCCCC3)cc1. The Balaban J connectivity index is 1.80. The molecule has 3 heteroatoms. The van der Waals surface area contributed by atoms with Crippen molar-refractivity contribution in [2.75, 3.05) is 7.11 Å². The second-order valence-corrected chi connectivity index (χ2v) is 7.25. The second-order valence-electron chi connectivity index (χ2n) is 7.25. The monoisotopic (exact) mass is 348 g/mol. The Bertz CT molecular complexity index is 799. The standard InChI is InChI=1S/C23H24O3/c1-25-19-12-10-17(11-13-19)20-16-21(18-8-4-2-5-9-18)26-22(24)23(20)14-6-3-7-15-23/h2,4-5,8-13,16,20H,3,6-7,14-15H2,1H3. The third kappa shape index (κ3) is 2.92. The Morgan fingerprint density at radius 2 is 1.65 bits per heavy atom. The number of hydrogen-bond acceptors (Lipinski definition) is 3. The van der Waals surface area contributed by atoms with Crippen LogP contribution in [-0.2, 0) is 9.53 Å². The molecule has 3 nitrogen and oxygen atoms in total. The maximum Gasteiger partial charge on any atom is 0.318 e. The summed E-state index contributed by atoms with van der Waals surface area (Å²) in [4.78, 5) is 13.2. The average Bonchev–Trinajstić information content (AvgIpc) is 2.71. The lowest BCUT2D eigenvalue weighted by atomic mass is 9.62. The molecular formula is C23H24O3. The molecule has 1 atom stereocenters. The van der Waals surface area contributed by atoms with Crippen LogP contribution in [0, 0.1) is 5.41 Å². The molecule has 1 aliphatic heterocycles. The van der Waals surface area contributed by atoms with Crippen molar-refractivity contribution in [2.45, 2.75) is 38.0 Å². The van der Waals surface area contributed by atoms with E-state index in [1.54, 1.807) is 7.11 Å². The molecule has 1 unspecified atom stereocenters. The van der Waals surface area contributed by atoms with E-state index in [1.807, 2.05) is 42.5 Å². The maximum atomic E-state index is 13.2. The molecule has 1 fully saturated rings. The molecule has 0 bridgehead atoms. The van der Waals surface area contributed by atoms with Crippen molar-refractivity contribution >= 4 is 11.7 Å². The summed E-state index contributed by atoms with van der Waals surface area (Å²) in [6.07, 6.45) is 7.29. The quantitative estimate of drug-likeness (QED) is 0.704. The first-order valence-corrected chi connectivity index (χ1v) is 9.36. The minimum atomic E-state index is -0.439. The summed E-state index contributed by atoms with van der Waals surface area (Å²) >= 11 is 0. The summed E-state index contributed by atoms with van der Waals surface area (Å²) in [5.74, 6) is 1.47. The third-order valence-corrected chi connectivity index (χ3v) is 5.80. The summed E-state index contributed by atoms with van der Waals surface area (Å²) in [5.41, 5.74) is 1.66. The summed E-state index contributed by atoms with van der Waals surface area (Å²) in [5, 5.41) is 0. The van der Waals surface area contributed by atoms with E-state index in [4.69, 9.17) is 9.47 Å². The zero-order valence-electron chi connectivity index (χ0n) is 15.1. The molecule has 0 N–H and O–H groups in total. The highest BCUT2D eigenvalue weighted by Gasteiger charge is 2.50. The first-order valence-electron chi connectivity index (χ1n) is 9.36. The van der Waals surface area contributed by atoms with Gasteiger partial charge in [-0.1, -0.05) is 61.7 Å². The van der Waals surface area contributed by atoms with Crippen LogP contribution in [0.2, 0.25) is 0 Å². The first-order chi connectivity index (χ1) is 12.7. The molecule has 2 aromatic carbocycles. The molecule has 2 aromatic rings. The fourth-order valence-electron chi connectivity index (χ4n) is 4.36. The normalized spacial score (nSPS) is 21.8. The topological polar surface area (TPSA) is 35.5 Å². The van der Waals surface area contributed by atoms with E-state index >= 15 is 0 Å². The fourth-order valence-corrected chi connectivity index (χ4v) is 4.36. The maximum absolute atomic E-state index is 13.2. The number of cyclic esters (lactones) is 1. The summed E-state index contributed by atoms with van der Waals surface area (Å²) in [6.45, 7) is 0. The number of allylic oxidation sites excluding steroid dienone is 1. The Hall–Kier alpha value is -2.55. The fraction of sp³-hybridized carbons (Fsp3) is 0.348. The predicted molar refractivity (Wildman–Crippen MR) is 102 cm³/mol. The highest BCUT2D eigenvalue weighted by Crippen LogP contribution is 2.53. The van der Waals surface area contributed by atoms with Gasteiger partial charge >= 0.3 is 5.97 Å². The van der Waals surface area contributed by atoms with Crippen LogP contribution in [0.25, 0.3) is 5.76 Å². The van der Waals surface area contributed by atoms with Gasteiger partial charge in [0.25, 0.3) is 0 Å². The average molecular weight is 348 g/mol. The predicted octanol–water partition coefficient (Wildman–Crippen LogP) is 5.33. The number of esters is 1. The molecule has 0 saturated heterocycles. The minimum Gasteiger partial charge on any atom is -0.497 e. The summed E-state index contributed by atoms with van der Waals surface area (Å²) < 4.78 is 11.2. The van der Waals surface area contributed by atoms with Crippen LogP contribution >= 0.6 is 0 Å². The highest BCUT2D eigenvalue weighted by molar-refractivity contribution is 5.87. The third-order valence-electron chi connectivity index (χ3n) is 5.80. The summed E-state index contributed by atoms with van der Waals surface area (Å²) in [6, 6.07) is 18.0. The number of ether oxygens (including phenoxy) is 2. The number of benzene rings is 2. The molecule has 1 spiro atoms. The molecule has 1 aliphatic carbocycles. The van der Waals surface area contributed by atoms with Gasteiger partial charge in [-0.3, -0.25) is 4.79 Å². The van der Waals surface area contributed by atoms with E-state index < -0.39 is 5.41 Å². The lowest BCUT2D eigenvalue weighted by Crippen LogP contribution is -2.42. The summed E-state index contributed by atoms with van der Waals surface area (Å²) in [7, 11) is 1.67.